The van der Waals surface area contributed by atoms with E-state index >= 15 is 0 Å². The van der Waals surface area contributed by atoms with E-state index in [0.29, 0.717) is 5.92 Å². The van der Waals surface area contributed by atoms with Gasteiger partial charge in [0.15, 0.2) is 0 Å². The van der Waals surface area contributed by atoms with E-state index in [1.165, 1.54) is 30.4 Å². The van der Waals surface area contributed by atoms with Crippen LogP contribution in [0.5, 0.6) is 0 Å². The van der Waals surface area contributed by atoms with Crippen LogP contribution < -0.4 is 0 Å². The van der Waals surface area contributed by atoms with Crippen LogP contribution in [0.25, 0.3) is 0 Å². The predicted molar refractivity (Wildman–Crippen MR) is 62.8 cm³/mol. The van der Waals surface area contributed by atoms with Gasteiger partial charge < -0.3 is 5.11 Å². The van der Waals surface area contributed by atoms with Crippen molar-refractivity contribution in [1.82, 2.24) is 0 Å². The second-order valence-corrected chi connectivity index (χ2v) is 4.78. The molecule has 0 radical (unpaired) electrons. The number of hydrogen-bond acceptors (Lipinski definition) is 1. The number of rotatable bonds is 4. The van der Waals surface area contributed by atoms with Crippen molar-refractivity contribution in [3.63, 3.8) is 0 Å². The lowest BCUT2D eigenvalue weighted by Crippen LogP contribution is -2.26. The lowest BCUT2D eigenvalue weighted by atomic mass is 9.79. The molecule has 1 N–H and O–H groups in total. The maximum absolute atomic E-state index is 9.88. The van der Waals surface area contributed by atoms with Gasteiger partial charge in [-0.25, -0.2) is 0 Å². The molecule has 1 aliphatic rings. The summed E-state index contributed by atoms with van der Waals surface area (Å²) in [4.78, 5) is 0. The molecule has 1 aliphatic carbocycles. The SMILES string of the molecule is Cc1ccc(CCC(O)C2CCC2)cc1. The quantitative estimate of drug-likeness (QED) is 0.799. The van der Waals surface area contributed by atoms with Gasteiger partial charge in [0.25, 0.3) is 0 Å². The van der Waals surface area contributed by atoms with Gasteiger partial charge in [-0.2, -0.15) is 0 Å². The van der Waals surface area contributed by atoms with Crippen molar-refractivity contribution in [3.05, 3.63) is 35.4 Å². The highest BCUT2D eigenvalue weighted by molar-refractivity contribution is 5.21. The summed E-state index contributed by atoms with van der Waals surface area (Å²) in [5.74, 6) is 0.593. The molecule has 0 saturated heterocycles. The molecule has 2 rings (SSSR count). The molecule has 1 nitrogen and oxygen atoms in total. The Bertz CT molecular complexity index is 298. The van der Waals surface area contributed by atoms with Gasteiger partial charge in [0.05, 0.1) is 6.10 Å². The summed E-state index contributed by atoms with van der Waals surface area (Å²) < 4.78 is 0. The van der Waals surface area contributed by atoms with E-state index in [-0.39, 0.29) is 6.10 Å². The van der Waals surface area contributed by atoms with E-state index in [1.54, 1.807) is 0 Å². The van der Waals surface area contributed by atoms with Crippen LogP contribution in [-0.2, 0) is 6.42 Å². The maximum Gasteiger partial charge on any atom is 0.0571 e. The van der Waals surface area contributed by atoms with Crippen LogP contribution >= 0.6 is 0 Å². The van der Waals surface area contributed by atoms with Crippen LogP contribution in [-0.4, -0.2) is 11.2 Å². The van der Waals surface area contributed by atoms with Crippen LogP contribution in [0, 0.1) is 12.8 Å². The monoisotopic (exact) mass is 204 g/mol. The number of aliphatic hydroxyl groups excluding tert-OH is 1. The van der Waals surface area contributed by atoms with E-state index in [9.17, 15) is 5.11 Å². The Morgan fingerprint density at radius 3 is 2.47 bits per heavy atom. The van der Waals surface area contributed by atoms with Crippen molar-refractivity contribution in [3.8, 4) is 0 Å². The minimum atomic E-state index is -0.0694. The third-order valence-electron chi connectivity index (χ3n) is 3.54. The van der Waals surface area contributed by atoms with E-state index in [1.807, 2.05) is 0 Å². The van der Waals surface area contributed by atoms with Gasteiger partial charge in [0.2, 0.25) is 0 Å². The first-order valence-corrected chi connectivity index (χ1v) is 5.99. The summed E-state index contributed by atoms with van der Waals surface area (Å²) in [7, 11) is 0. The van der Waals surface area contributed by atoms with Crippen LogP contribution in [0.15, 0.2) is 24.3 Å². The van der Waals surface area contributed by atoms with E-state index in [0.717, 1.165) is 12.8 Å². The molecule has 0 spiro atoms. The molecule has 1 heteroatoms. The van der Waals surface area contributed by atoms with Crippen molar-refractivity contribution < 1.29 is 5.11 Å². The van der Waals surface area contributed by atoms with Crippen LogP contribution in [0.4, 0.5) is 0 Å². The van der Waals surface area contributed by atoms with Crippen LogP contribution in [0.3, 0.4) is 0 Å². The summed E-state index contributed by atoms with van der Waals surface area (Å²) in [5, 5.41) is 9.88. The fourth-order valence-corrected chi connectivity index (χ4v) is 2.13. The number of hydrogen-bond donors (Lipinski definition) is 1. The minimum absolute atomic E-state index is 0.0694. The molecule has 82 valence electrons. The Morgan fingerprint density at radius 1 is 1.27 bits per heavy atom. The summed E-state index contributed by atoms with van der Waals surface area (Å²) in [6, 6.07) is 8.63. The normalized spacial score (nSPS) is 18.5. The van der Waals surface area contributed by atoms with Crippen molar-refractivity contribution in [2.75, 3.05) is 0 Å². The van der Waals surface area contributed by atoms with Gasteiger partial charge >= 0.3 is 0 Å². The Hall–Kier alpha value is -0.820. The number of aryl methyl sites for hydroxylation is 2. The Morgan fingerprint density at radius 2 is 1.93 bits per heavy atom. The second kappa shape index (κ2) is 4.80. The molecule has 1 atom stereocenters. The van der Waals surface area contributed by atoms with Crippen LogP contribution in [0.2, 0.25) is 0 Å². The van der Waals surface area contributed by atoms with E-state index < -0.39 is 0 Å². The molecule has 1 aromatic carbocycles. The molecule has 1 fully saturated rings. The zero-order valence-corrected chi connectivity index (χ0v) is 9.45. The second-order valence-electron chi connectivity index (χ2n) is 4.78. The fourth-order valence-electron chi connectivity index (χ4n) is 2.13. The lowest BCUT2D eigenvalue weighted by molar-refractivity contribution is 0.0560. The maximum atomic E-state index is 9.88. The van der Waals surface area contributed by atoms with Crippen molar-refractivity contribution >= 4 is 0 Å². The van der Waals surface area contributed by atoms with Gasteiger partial charge in [-0.05, 0) is 44.1 Å². The van der Waals surface area contributed by atoms with Gasteiger partial charge in [-0.1, -0.05) is 36.2 Å². The molecule has 0 aliphatic heterocycles. The van der Waals surface area contributed by atoms with E-state index in [4.69, 9.17) is 0 Å². The topological polar surface area (TPSA) is 20.2 Å². The first-order valence-electron chi connectivity index (χ1n) is 5.99. The van der Waals surface area contributed by atoms with E-state index in [2.05, 4.69) is 31.2 Å². The number of benzene rings is 1. The molecule has 0 bridgehead atoms. The van der Waals surface area contributed by atoms with Crippen molar-refractivity contribution in [2.24, 2.45) is 5.92 Å². The van der Waals surface area contributed by atoms with Gasteiger partial charge in [-0.15, -0.1) is 0 Å². The highest BCUT2D eigenvalue weighted by Crippen LogP contribution is 2.31. The Labute approximate surface area is 92.1 Å². The van der Waals surface area contributed by atoms with Crippen LogP contribution in [0.1, 0.15) is 36.8 Å². The van der Waals surface area contributed by atoms with Crippen molar-refractivity contribution in [2.45, 2.75) is 45.1 Å². The minimum Gasteiger partial charge on any atom is -0.393 e. The summed E-state index contributed by atoms with van der Waals surface area (Å²) >= 11 is 0. The highest BCUT2D eigenvalue weighted by Gasteiger charge is 2.24. The lowest BCUT2D eigenvalue weighted by Gasteiger charge is -2.30. The summed E-state index contributed by atoms with van der Waals surface area (Å²) in [5.41, 5.74) is 2.65. The zero-order chi connectivity index (χ0) is 10.7. The Balaban J connectivity index is 1.79. The first-order chi connectivity index (χ1) is 7.25. The average Bonchev–Trinajstić information content (AvgIpc) is 2.14. The average molecular weight is 204 g/mol. The van der Waals surface area contributed by atoms with Gasteiger partial charge in [0.1, 0.15) is 0 Å². The molecular weight excluding hydrogens is 184 g/mol. The summed E-state index contributed by atoms with van der Waals surface area (Å²) in [6.45, 7) is 2.10. The molecule has 0 amide bonds. The zero-order valence-electron chi connectivity index (χ0n) is 9.45. The molecule has 1 saturated carbocycles. The molecule has 15 heavy (non-hydrogen) atoms. The Kier molecular flexibility index (Phi) is 3.42. The third kappa shape index (κ3) is 2.82. The molecule has 1 aromatic rings. The standard InChI is InChI=1S/C14H20O/c1-11-5-7-12(8-6-11)9-10-14(15)13-3-2-4-13/h5-8,13-15H,2-4,9-10H2,1H3. The predicted octanol–water partition coefficient (Wildman–Crippen LogP) is 3.09. The van der Waals surface area contributed by atoms with Gasteiger partial charge in [0, 0.05) is 0 Å². The van der Waals surface area contributed by atoms with Crippen molar-refractivity contribution in [1.29, 1.82) is 0 Å². The summed E-state index contributed by atoms with van der Waals surface area (Å²) in [6.07, 6.45) is 5.64. The molecular formula is C14H20O. The fraction of sp³-hybridized carbons (Fsp3) is 0.571. The molecule has 0 aromatic heterocycles. The third-order valence-corrected chi connectivity index (χ3v) is 3.54. The smallest absolute Gasteiger partial charge is 0.0571 e. The molecule has 0 heterocycles. The van der Waals surface area contributed by atoms with Gasteiger partial charge in [-0.3, -0.25) is 0 Å². The first kappa shape index (κ1) is 10.7. The highest BCUT2D eigenvalue weighted by atomic mass is 16.3. The largest absolute Gasteiger partial charge is 0.393 e. The molecule has 1 unspecified atom stereocenters. The number of aliphatic hydroxyl groups is 1.